The van der Waals surface area contributed by atoms with Gasteiger partial charge in [0, 0.05) is 30.2 Å². The Balaban J connectivity index is 1.88. The molecule has 1 amide bonds. The number of amides is 1. The predicted molar refractivity (Wildman–Crippen MR) is 89.1 cm³/mol. The fourth-order valence-electron chi connectivity index (χ4n) is 2.69. The highest BCUT2D eigenvalue weighted by Crippen LogP contribution is 2.30. The molecular formula is C16H17N3O3S. The number of rotatable bonds is 3. The smallest absolute Gasteiger partial charge is 0.255 e. The first kappa shape index (κ1) is 15.5. The van der Waals surface area contributed by atoms with Crippen LogP contribution in [0.4, 0.5) is 11.4 Å². The molecule has 1 aromatic carbocycles. The van der Waals surface area contributed by atoms with Crippen molar-refractivity contribution >= 4 is 27.3 Å². The molecule has 2 heterocycles. The molecule has 1 aliphatic rings. The van der Waals surface area contributed by atoms with E-state index in [4.69, 9.17) is 0 Å². The summed E-state index contributed by atoms with van der Waals surface area (Å²) in [7, 11) is -3.30. The van der Waals surface area contributed by atoms with E-state index in [1.807, 2.05) is 0 Å². The Morgan fingerprint density at radius 3 is 2.65 bits per heavy atom. The standard InChI is InChI=1S/C16H17N3O3S/c1-23(21,22)19-10-2-3-12-11-13(4-5-15(12)19)16(20)18-14-6-8-17-9-7-14/h4-9,11H,2-3,10H2,1H3,(H,17,18,20). The molecule has 1 aromatic heterocycles. The fraction of sp³-hybridized carbons (Fsp3) is 0.250. The molecule has 0 radical (unpaired) electrons. The highest BCUT2D eigenvalue weighted by molar-refractivity contribution is 7.92. The number of nitrogens with one attached hydrogen (secondary N) is 1. The molecule has 2 aromatic rings. The lowest BCUT2D eigenvalue weighted by molar-refractivity contribution is 0.102. The number of fused-ring (bicyclic) bond motifs is 1. The number of sulfonamides is 1. The number of pyridine rings is 1. The molecule has 23 heavy (non-hydrogen) atoms. The number of benzene rings is 1. The average molecular weight is 331 g/mol. The number of carbonyl (C=O) groups excluding carboxylic acids is 1. The van der Waals surface area contributed by atoms with E-state index in [1.165, 1.54) is 10.6 Å². The lowest BCUT2D eigenvalue weighted by Gasteiger charge is -2.29. The lowest BCUT2D eigenvalue weighted by atomic mass is 10.0. The second kappa shape index (κ2) is 6.00. The van der Waals surface area contributed by atoms with Crippen LogP contribution in [-0.2, 0) is 16.4 Å². The molecule has 1 aliphatic heterocycles. The molecule has 3 rings (SSSR count). The Hall–Kier alpha value is -2.41. The topological polar surface area (TPSA) is 79.4 Å². The van der Waals surface area contributed by atoms with Gasteiger partial charge in [-0.3, -0.25) is 14.1 Å². The Morgan fingerprint density at radius 2 is 1.96 bits per heavy atom. The molecule has 6 nitrogen and oxygen atoms in total. The zero-order valence-electron chi connectivity index (χ0n) is 12.7. The van der Waals surface area contributed by atoms with Gasteiger partial charge in [-0.1, -0.05) is 0 Å². The van der Waals surface area contributed by atoms with Crippen LogP contribution in [0.1, 0.15) is 22.3 Å². The molecule has 0 unspecified atom stereocenters. The molecule has 0 aliphatic carbocycles. The molecule has 0 spiro atoms. The van der Waals surface area contributed by atoms with Crippen molar-refractivity contribution < 1.29 is 13.2 Å². The van der Waals surface area contributed by atoms with Crippen LogP contribution in [0.5, 0.6) is 0 Å². The van der Waals surface area contributed by atoms with Crippen molar-refractivity contribution in [2.75, 3.05) is 22.4 Å². The normalized spacial score (nSPS) is 14.2. The second-order valence-electron chi connectivity index (χ2n) is 5.47. The molecular weight excluding hydrogens is 314 g/mol. The average Bonchev–Trinajstić information content (AvgIpc) is 2.53. The number of aryl methyl sites for hydroxylation is 1. The summed E-state index contributed by atoms with van der Waals surface area (Å²) < 4.78 is 25.1. The maximum Gasteiger partial charge on any atom is 0.255 e. The summed E-state index contributed by atoms with van der Waals surface area (Å²) in [5, 5.41) is 2.80. The number of aromatic nitrogens is 1. The third-order valence-electron chi connectivity index (χ3n) is 3.76. The highest BCUT2D eigenvalue weighted by Gasteiger charge is 2.24. The summed E-state index contributed by atoms with van der Waals surface area (Å²) in [4.78, 5) is 16.2. The van der Waals surface area contributed by atoms with Crippen LogP contribution in [0.3, 0.4) is 0 Å². The summed E-state index contributed by atoms with van der Waals surface area (Å²) in [5.41, 5.74) is 2.72. The first-order valence-corrected chi connectivity index (χ1v) is 9.12. The number of carbonyl (C=O) groups is 1. The van der Waals surface area contributed by atoms with Crippen LogP contribution in [0.2, 0.25) is 0 Å². The molecule has 1 N–H and O–H groups in total. The van der Waals surface area contributed by atoms with Crippen LogP contribution in [-0.4, -0.2) is 32.1 Å². The van der Waals surface area contributed by atoms with Crippen molar-refractivity contribution in [1.82, 2.24) is 4.98 Å². The van der Waals surface area contributed by atoms with Gasteiger partial charge in [0.15, 0.2) is 0 Å². The third kappa shape index (κ3) is 3.34. The Labute approximate surface area is 135 Å². The SMILES string of the molecule is CS(=O)(=O)N1CCCc2cc(C(=O)Nc3ccncc3)ccc21. The van der Waals surface area contributed by atoms with Crippen LogP contribution in [0, 0.1) is 0 Å². The minimum absolute atomic E-state index is 0.226. The first-order chi connectivity index (χ1) is 10.9. The van der Waals surface area contributed by atoms with Gasteiger partial charge in [0.1, 0.15) is 0 Å². The van der Waals surface area contributed by atoms with E-state index in [0.29, 0.717) is 23.5 Å². The monoisotopic (exact) mass is 331 g/mol. The maximum atomic E-state index is 12.3. The largest absolute Gasteiger partial charge is 0.322 e. The zero-order valence-corrected chi connectivity index (χ0v) is 13.5. The van der Waals surface area contributed by atoms with Crippen molar-refractivity contribution in [3.63, 3.8) is 0 Å². The summed E-state index contributed by atoms with van der Waals surface area (Å²) in [6, 6.07) is 8.54. The van der Waals surface area contributed by atoms with E-state index in [0.717, 1.165) is 18.4 Å². The third-order valence-corrected chi connectivity index (χ3v) is 4.94. The minimum atomic E-state index is -3.30. The summed E-state index contributed by atoms with van der Waals surface area (Å²) in [6.45, 7) is 0.481. The highest BCUT2D eigenvalue weighted by atomic mass is 32.2. The van der Waals surface area contributed by atoms with Crippen molar-refractivity contribution in [3.05, 3.63) is 53.9 Å². The van der Waals surface area contributed by atoms with Gasteiger partial charge in [-0.05, 0) is 48.7 Å². The summed E-state index contributed by atoms with van der Waals surface area (Å²) in [5.74, 6) is -0.226. The van der Waals surface area contributed by atoms with Crippen LogP contribution < -0.4 is 9.62 Å². The van der Waals surface area contributed by atoms with Gasteiger partial charge in [-0.15, -0.1) is 0 Å². The fourth-order valence-corrected chi connectivity index (χ4v) is 3.68. The molecule has 0 bridgehead atoms. The van der Waals surface area contributed by atoms with Gasteiger partial charge in [0.05, 0.1) is 11.9 Å². The zero-order chi connectivity index (χ0) is 16.4. The number of anilines is 2. The van der Waals surface area contributed by atoms with E-state index in [-0.39, 0.29) is 5.91 Å². The molecule has 0 atom stereocenters. The van der Waals surface area contributed by atoms with Crippen molar-refractivity contribution in [1.29, 1.82) is 0 Å². The Morgan fingerprint density at radius 1 is 1.22 bits per heavy atom. The quantitative estimate of drug-likeness (QED) is 0.933. The van der Waals surface area contributed by atoms with Crippen molar-refractivity contribution in [3.8, 4) is 0 Å². The lowest BCUT2D eigenvalue weighted by Crippen LogP contribution is -2.34. The van der Waals surface area contributed by atoms with Crippen molar-refractivity contribution in [2.24, 2.45) is 0 Å². The maximum absolute atomic E-state index is 12.3. The van der Waals surface area contributed by atoms with Crippen LogP contribution >= 0.6 is 0 Å². The summed E-state index contributed by atoms with van der Waals surface area (Å²) in [6.07, 6.45) is 5.91. The van der Waals surface area contributed by atoms with E-state index >= 15 is 0 Å². The van der Waals surface area contributed by atoms with Crippen LogP contribution in [0.15, 0.2) is 42.7 Å². The molecule has 0 saturated heterocycles. The number of hydrogen-bond donors (Lipinski definition) is 1. The number of nitrogens with zero attached hydrogens (tertiary/aromatic N) is 2. The number of hydrogen-bond acceptors (Lipinski definition) is 4. The van der Waals surface area contributed by atoms with E-state index in [9.17, 15) is 13.2 Å². The van der Waals surface area contributed by atoms with Crippen molar-refractivity contribution in [2.45, 2.75) is 12.8 Å². The van der Waals surface area contributed by atoms with E-state index in [2.05, 4.69) is 10.3 Å². The molecule has 0 fully saturated rings. The Bertz CT molecular complexity index is 835. The predicted octanol–water partition coefficient (Wildman–Crippen LogP) is 2.05. The molecule has 7 heteroatoms. The van der Waals surface area contributed by atoms with Gasteiger partial charge < -0.3 is 5.32 Å². The first-order valence-electron chi connectivity index (χ1n) is 7.27. The second-order valence-corrected chi connectivity index (χ2v) is 7.38. The van der Waals surface area contributed by atoms with Crippen LogP contribution in [0.25, 0.3) is 0 Å². The van der Waals surface area contributed by atoms with Gasteiger partial charge in [-0.2, -0.15) is 0 Å². The van der Waals surface area contributed by atoms with Gasteiger partial charge in [0.2, 0.25) is 10.0 Å². The van der Waals surface area contributed by atoms with E-state index in [1.54, 1.807) is 42.7 Å². The van der Waals surface area contributed by atoms with Gasteiger partial charge >= 0.3 is 0 Å². The molecule has 0 saturated carbocycles. The van der Waals surface area contributed by atoms with Gasteiger partial charge in [-0.25, -0.2) is 8.42 Å². The minimum Gasteiger partial charge on any atom is -0.322 e. The van der Waals surface area contributed by atoms with Gasteiger partial charge in [0.25, 0.3) is 5.91 Å². The Kier molecular flexibility index (Phi) is 4.04. The molecule has 120 valence electrons. The summed E-state index contributed by atoms with van der Waals surface area (Å²) >= 11 is 0. The van der Waals surface area contributed by atoms with E-state index < -0.39 is 10.0 Å².